The number of hydrogen-bond donors (Lipinski definition) is 3. The van der Waals surface area contributed by atoms with Crippen molar-refractivity contribution in [2.75, 3.05) is 19.0 Å². The molecule has 0 aliphatic heterocycles. The lowest BCUT2D eigenvalue weighted by atomic mass is 10.1. The zero-order valence-corrected chi connectivity index (χ0v) is 14.8. The van der Waals surface area contributed by atoms with Gasteiger partial charge in [-0.15, -0.1) is 0 Å². The van der Waals surface area contributed by atoms with Crippen LogP contribution in [0.1, 0.15) is 24.5 Å². The quantitative estimate of drug-likeness (QED) is 0.655. The number of carbonyl (C=O) groups excluding carboxylic acids is 1. The summed E-state index contributed by atoms with van der Waals surface area (Å²) in [5.74, 6) is 0.748. The molecule has 2 aromatic rings. The number of carbonyl (C=O) groups is 1. The Bertz CT molecular complexity index is 654. The van der Waals surface area contributed by atoms with Gasteiger partial charge in [-0.1, -0.05) is 24.3 Å². The molecule has 1 atom stereocenters. The number of hydrogen-bond acceptors (Lipinski definition) is 4. The third kappa shape index (κ3) is 6.57. The molecular formula is C20H26N2O3. The molecule has 0 heterocycles. The van der Waals surface area contributed by atoms with Gasteiger partial charge in [0.25, 0.3) is 0 Å². The molecular weight excluding hydrogens is 316 g/mol. The van der Waals surface area contributed by atoms with Crippen molar-refractivity contribution in [3.63, 3.8) is 0 Å². The molecule has 0 bridgehead atoms. The summed E-state index contributed by atoms with van der Waals surface area (Å²) in [4.78, 5) is 12.1. The zero-order chi connectivity index (χ0) is 18.1. The molecule has 5 nitrogen and oxygen atoms in total. The highest BCUT2D eigenvalue weighted by molar-refractivity contribution is 5.91. The fourth-order valence-electron chi connectivity index (χ4n) is 2.51. The number of ether oxygens (including phenoxy) is 1. The molecule has 0 aliphatic carbocycles. The zero-order valence-electron chi connectivity index (χ0n) is 14.8. The minimum atomic E-state index is -0.0162. The van der Waals surface area contributed by atoms with E-state index in [4.69, 9.17) is 9.84 Å². The van der Waals surface area contributed by atoms with E-state index in [9.17, 15) is 4.79 Å². The third-order valence-electron chi connectivity index (χ3n) is 3.98. The van der Waals surface area contributed by atoms with Gasteiger partial charge in [0.15, 0.2) is 0 Å². The van der Waals surface area contributed by atoms with Gasteiger partial charge in [0.05, 0.1) is 13.7 Å². The van der Waals surface area contributed by atoms with Crippen LogP contribution in [-0.2, 0) is 17.8 Å². The molecule has 134 valence electrons. The first-order valence-corrected chi connectivity index (χ1v) is 8.46. The van der Waals surface area contributed by atoms with Crippen LogP contribution in [-0.4, -0.2) is 30.7 Å². The molecule has 0 saturated carbocycles. The Labute approximate surface area is 149 Å². The lowest BCUT2D eigenvalue weighted by molar-refractivity contribution is -0.116. The largest absolute Gasteiger partial charge is 0.497 e. The third-order valence-corrected chi connectivity index (χ3v) is 3.98. The number of anilines is 1. The van der Waals surface area contributed by atoms with E-state index in [2.05, 4.69) is 10.6 Å². The monoisotopic (exact) mass is 342 g/mol. The molecule has 2 rings (SSSR count). The van der Waals surface area contributed by atoms with Crippen molar-refractivity contribution in [2.24, 2.45) is 0 Å². The number of amides is 1. The molecule has 1 amide bonds. The average molecular weight is 342 g/mol. The normalized spacial score (nSPS) is 11.8. The van der Waals surface area contributed by atoms with Gasteiger partial charge in [0.2, 0.25) is 5.91 Å². The smallest absolute Gasteiger partial charge is 0.225 e. The Hall–Kier alpha value is -2.37. The maximum atomic E-state index is 12.1. The maximum absolute atomic E-state index is 12.1. The summed E-state index contributed by atoms with van der Waals surface area (Å²) in [6.45, 7) is 2.87. The Balaban J connectivity index is 1.69. The van der Waals surface area contributed by atoms with Gasteiger partial charge < -0.3 is 20.5 Å². The van der Waals surface area contributed by atoms with Gasteiger partial charge in [-0.25, -0.2) is 0 Å². The Morgan fingerprint density at radius 1 is 1.08 bits per heavy atom. The SMILES string of the molecule is COc1ccc(NC(=O)CC(C)NCCc2ccc(CO)cc2)cc1. The van der Waals surface area contributed by atoms with E-state index < -0.39 is 0 Å². The fraction of sp³-hybridized carbons (Fsp3) is 0.350. The van der Waals surface area contributed by atoms with Crippen molar-refractivity contribution < 1.29 is 14.6 Å². The van der Waals surface area contributed by atoms with E-state index in [0.717, 1.165) is 30.0 Å². The summed E-state index contributed by atoms with van der Waals surface area (Å²) in [5.41, 5.74) is 2.89. The summed E-state index contributed by atoms with van der Waals surface area (Å²) in [5, 5.41) is 15.3. The molecule has 5 heteroatoms. The van der Waals surface area contributed by atoms with Crippen molar-refractivity contribution in [1.29, 1.82) is 0 Å². The second kappa shape index (κ2) is 9.81. The fourth-order valence-corrected chi connectivity index (χ4v) is 2.51. The maximum Gasteiger partial charge on any atom is 0.225 e. The molecule has 2 aromatic carbocycles. The van der Waals surface area contributed by atoms with Crippen molar-refractivity contribution >= 4 is 11.6 Å². The van der Waals surface area contributed by atoms with Gasteiger partial charge in [-0.2, -0.15) is 0 Å². The Kier molecular flexibility index (Phi) is 7.44. The molecule has 0 saturated heterocycles. The minimum absolute atomic E-state index is 0.0162. The van der Waals surface area contributed by atoms with Crippen LogP contribution in [0.3, 0.4) is 0 Å². The van der Waals surface area contributed by atoms with E-state index >= 15 is 0 Å². The van der Waals surface area contributed by atoms with Crippen LogP contribution in [0.2, 0.25) is 0 Å². The highest BCUT2D eigenvalue weighted by Gasteiger charge is 2.09. The first kappa shape index (κ1) is 19.0. The summed E-state index contributed by atoms with van der Waals surface area (Å²) >= 11 is 0. The minimum Gasteiger partial charge on any atom is -0.497 e. The van der Waals surface area contributed by atoms with Crippen molar-refractivity contribution in [3.8, 4) is 5.75 Å². The first-order chi connectivity index (χ1) is 12.1. The van der Waals surface area contributed by atoms with Crippen molar-refractivity contribution in [1.82, 2.24) is 5.32 Å². The predicted octanol–water partition coefficient (Wildman–Crippen LogP) is 2.74. The van der Waals surface area contributed by atoms with E-state index in [1.54, 1.807) is 7.11 Å². The number of rotatable bonds is 9. The average Bonchev–Trinajstić information content (AvgIpc) is 2.63. The summed E-state index contributed by atoms with van der Waals surface area (Å²) in [7, 11) is 1.61. The number of aliphatic hydroxyl groups is 1. The molecule has 0 spiro atoms. The number of nitrogens with one attached hydrogen (secondary N) is 2. The van der Waals surface area contributed by atoms with Gasteiger partial charge >= 0.3 is 0 Å². The van der Waals surface area contributed by atoms with E-state index in [-0.39, 0.29) is 18.6 Å². The van der Waals surface area contributed by atoms with Gasteiger partial charge in [0.1, 0.15) is 5.75 Å². The van der Waals surface area contributed by atoms with Crippen LogP contribution in [0, 0.1) is 0 Å². The topological polar surface area (TPSA) is 70.6 Å². The highest BCUT2D eigenvalue weighted by Crippen LogP contribution is 2.15. The van der Waals surface area contributed by atoms with Gasteiger partial charge in [0, 0.05) is 18.2 Å². The second-order valence-corrected chi connectivity index (χ2v) is 6.06. The van der Waals surface area contributed by atoms with Crippen molar-refractivity contribution in [2.45, 2.75) is 32.4 Å². The van der Waals surface area contributed by atoms with E-state index in [1.807, 2.05) is 55.5 Å². The van der Waals surface area contributed by atoms with Crippen LogP contribution in [0.5, 0.6) is 5.75 Å². The predicted molar refractivity (Wildman–Crippen MR) is 99.8 cm³/mol. The van der Waals surface area contributed by atoms with E-state index in [0.29, 0.717) is 6.42 Å². The molecule has 0 aromatic heterocycles. The Morgan fingerprint density at radius 3 is 2.32 bits per heavy atom. The highest BCUT2D eigenvalue weighted by atomic mass is 16.5. The first-order valence-electron chi connectivity index (χ1n) is 8.46. The lowest BCUT2D eigenvalue weighted by Gasteiger charge is -2.14. The van der Waals surface area contributed by atoms with Gasteiger partial charge in [-0.3, -0.25) is 4.79 Å². The second-order valence-electron chi connectivity index (χ2n) is 6.06. The molecule has 3 N–H and O–H groups in total. The van der Waals surface area contributed by atoms with Crippen LogP contribution in [0.15, 0.2) is 48.5 Å². The summed E-state index contributed by atoms with van der Waals surface area (Å²) < 4.78 is 5.10. The summed E-state index contributed by atoms with van der Waals surface area (Å²) in [6.07, 6.45) is 1.30. The summed E-state index contributed by atoms with van der Waals surface area (Å²) in [6, 6.07) is 15.3. The van der Waals surface area contributed by atoms with Crippen LogP contribution in [0.4, 0.5) is 5.69 Å². The standard InChI is InChI=1S/C20H26N2O3/c1-15(21-12-11-16-3-5-17(14-23)6-4-16)13-20(24)22-18-7-9-19(25-2)10-8-18/h3-10,15,21,23H,11-14H2,1-2H3,(H,22,24). The molecule has 1 unspecified atom stereocenters. The Morgan fingerprint density at radius 2 is 1.72 bits per heavy atom. The van der Waals surface area contributed by atoms with Crippen LogP contribution in [0.25, 0.3) is 0 Å². The van der Waals surface area contributed by atoms with Crippen molar-refractivity contribution in [3.05, 3.63) is 59.7 Å². The van der Waals surface area contributed by atoms with Crippen LogP contribution >= 0.6 is 0 Å². The number of aliphatic hydroxyl groups excluding tert-OH is 1. The van der Waals surface area contributed by atoms with Crippen LogP contribution < -0.4 is 15.4 Å². The molecule has 0 fully saturated rings. The molecule has 25 heavy (non-hydrogen) atoms. The van der Waals surface area contributed by atoms with E-state index in [1.165, 1.54) is 5.56 Å². The molecule has 0 aliphatic rings. The van der Waals surface area contributed by atoms with Gasteiger partial charge in [-0.05, 0) is 55.3 Å². The lowest BCUT2D eigenvalue weighted by Crippen LogP contribution is -2.32. The number of benzene rings is 2. The number of methoxy groups -OCH3 is 1. The molecule has 0 radical (unpaired) electrons.